The Labute approximate surface area is 114 Å². The monoisotopic (exact) mass is 259 g/mol. The van der Waals surface area contributed by atoms with E-state index in [0.717, 1.165) is 11.4 Å². The van der Waals surface area contributed by atoms with Gasteiger partial charge in [0.05, 0.1) is 0 Å². The first kappa shape index (κ1) is 12.5. The van der Waals surface area contributed by atoms with Gasteiger partial charge in [-0.1, -0.05) is 6.07 Å². The first-order chi connectivity index (χ1) is 9.22. The average molecular weight is 259 g/mol. The highest BCUT2D eigenvalue weighted by Crippen LogP contribution is 2.30. The van der Waals surface area contributed by atoms with E-state index in [1.807, 2.05) is 18.2 Å². The molecule has 2 atom stereocenters. The molecule has 2 fully saturated rings. The summed E-state index contributed by atoms with van der Waals surface area (Å²) >= 11 is 0. The van der Waals surface area contributed by atoms with Crippen LogP contribution in [0.15, 0.2) is 24.3 Å². The Morgan fingerprint density at radius 3 is 2.95 bits per heavy atom. The van der Waals surface area contributed by atoms with Crippen LogP contribution in [0.5, 0.6) is 0 Å². The molecule has 3 rings (SSSR count). The number of carbonyl (C=O) groups is 1. The summed E-state index contributed by atoms with van der Waals surface area (Å²) in [6, 6.07) is 9.24. The second-order valence-electron chi connectivity index (χ2n) is 5.55. The summed E-state index contributed by atoms with van der Waals surface area (Å²) in [6.45, 7) is 4.01. The Morgan fingerprint density at radius 2 is 2.11 bits per heavy atom. The van der Waals surface area contributed by atoms with Gasteiger partial charge in [0, 0.05) is 36.9 Å². The van der Waals surface area contributed by atoms with E-state index < -0.39 is 0 Å². The zero-order valence-electron chi connectivity index (χ0n) is 11.4. The average Bonchev–Trinajstić information content (AvgIpc) is 2.94. The van der Waals surface area contributed by atoms with Crippen molar-refractivity contribution in [1.82, 2.24) is 4.90 Å². The molecule has 102 valence electrons. The van der Waals surface area contributed by atoms with E-state index in [-0.39, 0.29) is 5.91 Å². The molecule has 2 N–H and O–H groups in total. The van der Waals surface area contributed by atoms with Crippen molar-refractivity contribution >= 4 is 17.3 Å². The third-order valence-electron chi connectivity index (χ3n) is 4.14. The van der Waals surface area contributed by atoms with Gasteiger partial charge in [-0.2, -0.15) is 0 Å². The summed E-state index contributed by atoms with van der Waals surface area (Å²) in [5.41, 5.74) is 1.96. The van der Waals surface area contributed by atoms with Gasteiger partial charge < -0.3 is 10.6 Å². The molecule has 1 amide bonds. The molecule has 2 saturated heterocycles. The lowest BCUT2D eigenvalue weighted by molar-refractivity contribution is -0.114. The molecular formula is C15H21N3O. The first-order valence-electron chi connectivity index (χ1n) is 7.10. The van der Waals surface area contributed by atoms with E-state index in [4.69, 9.17) is 0 Å². The van der Waals surface area contributed by atoms with Crippen molar-refractivity contribution in [2.24, 2.45) is 0 Å². The van der Waals surface area contributed by atoms with Gasteiger partial charge in [0.2, 0.25) is 5.91 Å². The SMILES string of the molecule is CC(=O)Nc1cccc(NC2CCN3CCCC23)c1. The van der Waals surface area contributed by atoms with Gasteiger partial charge in [0.1, 0.15) is 0 Å². The lowest BCUT2D eigenvalue weighted by Crippen LogP contribution is -2.33. The van der Waals surface area contributed by atoms with Crippen molar-refractivity contribution in [2.45, 2.75) is 38.3 Å². The molecular weight excluding hydrogens is 238 g/mol. The van der Waals surface area contributed by atoms with Gasteiger partial charge in [-0.3, -0.25) is 9.69 Å². The number of hydrogen-bond donors (Lipinski definition) is 2. The molecule has 0 aromatic heterocycles. The second kappa shape index (κ2) is 5.21. The van der Waals surface area contributed by atoms with Gasteiger partial charge in [-0.15, -0.1) is 0 Å². The minimum Gasteiger partial charge on any atom is -0.381 e. The molecule has 2 unspecified atom stereocenters. The number of anilines is 2. The van der Waals surface area contributed by atoms with Gasteiger partial charge in [0.15, 0.2) is 0 Å². The van der Waals surface area contributed by atoms with E-state index in [1.54, 1.807) is 0 Å². The fourth-order valence-corrected chi connectivity index (χ4v) is 3.35. The maximum absolute atomic E-state index is 11.1. The van der Waals surface area contributed by atoms with E-state index >= 15 is 0 Å². The Morgan fingerprint density at radius 1 is 1.26 bits per heavy atom. The second-order valence-corrected chi connectivity index (χ2v) is 5.55. The van der Waals surface area contributed by atoms with Crippen LogP contribution in [-0.2, 0) is 4.79 Å². The zero-order valence-corrected chi connectivity index (χ0v) is 11.4. The van der Waals surface area contributed by atoms with Crippen molar-refractivity contribution in [3.63, 3.8) is 0 Å². The van der Waals surface area contributed by atoms with Crippen LogP contribution in [0, 0.1) is 0 Å². The molecule has 0 radical (unpaired) electrons. The number of rotatable bonds is 3. The van der Waals surface area contributed by atoms with Gasteiger partial charge in [-0.05, 0) is 44.0 Å². The number of fused-ring (bicyclic) bond motifs is 1. The summed E-state index contributed by atoms with van der Waals surface area (Å²) < 4.78 is 0. The van der Waals surface area contributed by atoms with E-state index in [1.165, 1.54) is 39.3 Å². The van der Waals surface area contributed by atoms with Crippen molar-refractivity contribution in [3.8, 4) is 0 Å². The molecule has 0 spiro atoms. The van der Waals surface area contributed by atoms with E-state index in [0.29, 0.717) is 12.1 Å². The largest absolute Gasteiger partial charge is 0.381 e. The maximum atomic E-state index is 11.1. The highest BCUT2D eigenvalue weighted by Gasteiger charge is 2.36. The van der Waals surface area contributed by atoms with Gasteiger partial charge >= 0.3 is 0 Å². The predicted octanol–water partition coefficient (Wildman–Crippen LogP) is 2.29. The van der Waals surface area contributed by atoms with Crippen LogP contribution in [-0.4, -0.2) is 36.0 Å². The third kappa shape index (κ3) is 2.73. The van der Waals surface area contributed by atoms with Crippen LogP contribution in [0.1, 0.15) is 26.2 Å². The molecule has 0 bridgehead atoms. The van der Waals surface area contributed by atoms with Crippen LogP contribution >= 0.6 is 0 Å². The van der Waals surface area contributed by atoms with Crippen molar-refractivity contribution in [3.05, 3.63) is 24.3 Å². The fourth-order valence-electron chi connectivity index (χ4n) is 3.35. The Kier molecular flexibility index (Phi) is 3.42. The molecule has 1 aromatic rings. The fraction of sp³-hybridized carbons (Fsp3) is 0.533. The van der Waals surface area contributed by atoms with Gasteiger partial charge in [-0.25, -0.2) is 0 Å². The van der Waals surface area contributed by atoms with E-state index in [2.05, 4.69) is 21.6 Å². The topological polar surface area (TPSA) is 44.4 Å². The number of carbonyl (C=O) groups excluding carboxylic acids is 1. The van der Waals surface area contributed by atoms with E-state index in [9.17, 15) is 4.79 Å². The van der Waals surface area contributed by atoms with Crippen molar-refractivity contribution in [2.75, 3.05) is 23.7 Å². The van der Waals surface area contributed by atoms with Crippen LogP contribution in [0.2, 0.25) is 0 Å². The molecule has 2 aliphatic rings. The van der Waals surface area contributed by atoms with Crippen LogP contribution in [0.3, 0.4) is 0 Å². The lowest BCUT2D eigenvalue weighted by Gasteiger charge is -2.22. The Hall–Kier alpha value is -1.55. The molecule has 0 aliphatic carbocycles. The molecule has 4 nitrogen and oxygen atoms in total. The molecule has 0 saturated carbocycles. The predicted molar refractivity (Wildman–Crippen MR) is 77.4 cm³/mol. The summed E-state index contributed by atoms with van der Waals surface area (Å²) in [6.07, 6.45) is 3.85. The van der Waals surface area contributed by atoms with Crippen LogP contribution in [0.25, 0.3) is 0 Å². The molecule has 4 heteroatoms. The molecule has 2 heterocycles. The van der Waals surface area contributed by atoms with Gasteiger partial charge in [0.25, 0.3) is 0 Å². The highest BCUT2D eigenvalue weighted by molar-refractivity contribution is 5.89. The highest BCUT2D eigenvalue weighted by atomic mass is 16.1. The van der Waals surface area contributed by atoms with Crippen LogP contribution < -0.4 is 10.6 Å². The normalized spacial score (nSPS) is 26.2. The number of nitrogens with zero attached hydrogens (tertiary/aromatic N) is 1. The quantitative estimate of drug-likeness (QED) is 0.875. The molecule has 19 heavy (non-hydrogen) atoms. The zero-order chi connectivity index (χ0) is 13.2. The number of hydrogen-bond acceptors (Lipinski definition) is 3. The summed E-state index contributed by atoms with van der Waals surface area (Å²) in [7, 11) is 0. The maximum Gasteiger partial charge on any atom is 0.221 e. The Bertz CT molecular complexity index is 474. The number of amides is 1. The minimum atomic E-state index is -0.0278. The minimum absolute atomic E-state index is 0.0278. The van der Waals surface area contributed by atoms with Crippen molar-refractivity contribution in [1.29, 1.82) is 0 Å². The lowest BCUT2D eigenvalue weighted by atomic mass is 10.1. The summed E-state index contributed by atoms with van der Waals surface area (Å²) in [4.78, 5) is 13.7. The van der Waals surface area contributed by atoms with Crippen LogP contribution in [0.4, 0.5) is 11.4 Å². The molecule has 2 aliphatic heterocycles. The number of benzene rings is 1. The smallest absolute Gasteiger partial charge is 0.221 e. The standard InChI is InChI=1S/C15H21N3O/c1-11(19)16-12-4-2-5-13(10-12)17-14-7-9-18-8-3-6-15(14)18/h2,4-5,10,14-15,17H,3,6-9H2,1H3,(H,16,19). The number of nitrogens with one attached hydrogen (secondary N) is 2. The molecule has 1 aromatic carbocycles. The van der Waals surface area contributed by atoms with Crippen molar-refractivity contribution < 1.29 is 4.79 Å². The Balaban J connectivity index is 1.67. The summed E-state index contributed by atoms with van der Waals surface area (Å²) in [5.74, 6) is -0.0278. The first-order valence-corrected chi connectivity index (χ1v) is 7.10. The third-order valence-corrected chi connectivity index (χ3v) is 4.14. The summed E-state index contributed by atoms with van der Waals surface area (Å²) in [5, 5.41) is 6.46.